The minimum atomic E-state index is -0.871. The molecule has 4 rings (SSSR count). The van der Waals surface area contributed by atoms with Gasteiger partial charge in [0.15, 0.2) is 17.7 Å². The number of carbonyl (C=O) groups excluding carboxylic acids is 2. The number of fused-ring (bicyclic) bond motifs is 1. The molecular formula is C34H45N5O7. The third-order valence-corrected chi connectivity index (χ3v) is 8.19. The fraction of sp³-hybridized carbons (Fsp3) is 0.500. The largest absolute Gasteiger partial charge is 0.461 e. The number of hydrogen-bond acceptors (Lipinski definition) is 11. The van der Waals surface area contributed by atoms with E-state index in [-0.39, 0.29) is 43.7 Å². The standard InChI is InChI=1S/C34H45N5O7/c1-22(11-12-26-24(3)10-7-16-34(26,4)5)8-6-9-23(2)15-17-43-28(41)13-14-29(42)46-44-19-25-18-27(40)33(45-25)39-21-38-30-31(35)36-20-37-32(30)39/h6,8-9,11-12,15,20-21,25,27,33,40H,7,10,13-14,16-19H2,1-5H3,(H2,35,36,37)/b9-6+,12-11+,22-8+,23-15+/t25-,27+,33+/m0/s1. The molecule has 1 aliphatic heterocycles. The second-order valence-corrected chi connectivity index (χ2v) is 12.4. The summed E-state index contributed by atoms with van der Waals surface area (Å²) in [4.78, 5) is 46.2. The number of anilines is 1. The van der Waals surface area contributed by atoms with Crippen LogP contribution in [0, 0.1) is 5.41 Å². The van der Waals surface area contributed by atoms with Crippen molar-refractivity contribution >= 4 is 28.9 Å². The third kappa shape index (κ3) is 9.44. The zero-order valence-electron chi connectivity index (χ0n) is 27.3. The molecule has 0 spiro atoms. The van der Waals surface area contributed by atoms with Crippen molar-refractivity contribution in [3.63, 3.8) is 0 Å². The van der Waals surface area contributed by atoms with Crippen molar-refractivity contribution in [3.8, 4) is 0 Å². The van der Waals surface area contributed by atoms with E-state index in [1.54, 1.807) is 10.6 Å². The maximum atomic E-state index is 12.1. The molecular weight excluding hydrogens is 590 g/mol. The molecule has 1 aliphatic carbocycles. The maximum absolute atomic E-state index is 12.1. The first kappa shape index (κ1) is 34.7. The van der Waals surface area contributed by atoms with E-state index in [2.05, 4.69) is 54.8 Å². The van der Waals surface area contributed by atoms with Crippen molar-refractivity contribution in [1.82, 2.24) is 19.5 Å². The van der Waals surface area contributed by atoms with E-state index in [4.69, 9.17) is 25.0 Å². The highest BCUT2D eigenvalue weighted by atomic mass is 17.2. The molecule has 12 heteroatoms. The highest BCUT2D eigenvalue weighted by Gasteiger charge is 2.37. The highest BCUT2D eigenvalue weighted by Crippen LogP contribution is 2.40. The molecule has 1 fully saturated rings. The summed E-state index contributed by atoms with van der Waals surface area (Å²) in [5.74, 6) is -1.02. The molecule has 2 aromatic heterocycles. The van der Waals surface area contributed by atoms with Gasteiger partial charge in [0.25, 0.3) is 0 Å². The minimum absolute atomic E-state index is 0.0962. The lowest BCUT2D eigenvalue weighted by Crippen LogP contribution is -2.20. The number of nitrogens with zero attached hydrogens (tertiary/aromatic N) is 4. The quantitative estimate of drug-likeness (QED) is 0.126. The molecule has 3 heterocycles. The van der Waals surface area contributed by atoms with Gasteiger partial charge in [0, 0.05) is 6.42 Å². The molecule has 1 saturated heterocycles. The van der Waals surface area contributed by atoms with Crippen LogP contribution in [0.25, 0.3) is 11.2 Å². The summed E-state index contributed by atoms with van der Waals surface area (Å²) in [6.07, 6.45) is 16.3. The van der Waals surface area contributed by atoms with Crippen molar-refractivity contribution in [2.45, 2.75) is 91.6 Å². The Morgan fingerprint density at radius 1 is 1.15 bits per heavy atom. The molecule has 0 bridgehead atoms. The Bertz CT molecular complexity index is 1550. The van der Waals surface area contributed by atoms with Gasteiger partial charge in [-0.3, -0.25) is 14.2 Å². The van der Waals surface area contributed by atoms with E-state index in [9.17, 15) is 14.7 Å². The Morgan fingerprint density at radius 2 is 1.93 bits per heavy atom. The van der Waals surface area contributed by atoms with Crippen LogP contribution < -0.4 is 5.73 Å². The zero-order valence-corrected chi connectivity index (χ0v) is 27.3. The SMILES string of the molecule is CC1=C(/C=C/C(C)=C/C=C/C(C)=C/COC(=O)CCC(=O)OOC[C@@H]2C[C@@H](O)[C@H](n3cnc4c(N)ncnc43)O2)C(C)(C)CCC1. The molecule has 0 saturated carbocycles. The highest BCUT2D eigenvalue weighted by molar-refractivity contribution is 5.81. The van der Waals surface area contributed by atoms with Gasteiger partial charge in [0.2, 0.25) is 0 Å². The number of aliphatic hydroxyl groups is 1. The van der Waals surface area contributed by atoms with E-state index in [1.807, 2.05) is 25.2 Å². The normalized spacial score (nSPS) is 22.3. The number of allylic oxidation sites excluding steroid dienone is 9. The molecule has 12 nitrogen and oxygen atoms in total. The van der Waals surface area contributed by atoms with Crippen LogP contribution in [-0.4, -0.2) is 62.0 Å². The number of hydrogen-bond donors (Lipinski definition) is 2. The number of ether oxygens (including phenoxy) is 2. The first-order valence-corrected chi connectivity index (χ1v) is 15.6. The Kier molecular flexibility index (Phi) is 12.0. The average Bonchev–Trinajstić information content (AvgIpc) is 3.59. The second kappa shape index (κ2) is 15.9. The summed E-state index contributed by atoms with van der Waals surface area (Å²) in [6.45, 7) is 10.8. The molecule has 3 N–H and O–H groups in total. The van der Waals surface area contributed by atoms with Crippen LogP contribution in [0.3, 0.4) is 0 Å². The number of nitrogen functional groups attached to an aromatic ring is 1. The first-order valence-electron chi connectivity index (χ1n) is 15.6. The summed E-state index contributed by atoms with van der Waals surface area (Å²) in [5.41, 5.74) is 11.9. The number of aliphatic hydroxyl groups excluding tert-OH is 1. The van der Waals surface area contributed by atoms with Crippen LogP contribution in [0.2, 0.25) is 0 Å². The number of carbonyl (C=O) groups is 2. The van der Waals surface area contributed by atoms with Gasteiger partial charge in [0.05, 0.1) is 25.3 Å². The third-order valence-electron chi connectivity index (χ3n) is 8.19. The maximum Gasteiger partial charge on any atom is 0.342 e. The summed E-state index contributed by atoms with van der Waals surface area (Å²) >= 11 is 0. The molecule has 2 aromatic rings. The first-order chi connectivity index (χ1) is 21.9. The Balaban J connectivity index is 1.11. The van der Waals surface area contributed by atoms with Gasteiger partial charge in [-0.25, -0.2) is 19.7 Å². The summed E-state index contributed by atoms with van der Waals surface area (Å²) in [5, 5.41) is 10.5. The van der Waals surface area contributed by atoms with Crippen LogP contribution in [-0.2, 0) is 28.8 Å². The minimum Gasteiger partial charge on any atom is -0.461 e. The van der Waals surface area contributed by atoms with Crippen molar-refractivity contribution in [2.75, 3.05) is 18.9 Å². The summed E-state index contributed by atoms with van der Waals surface area (Å²) < 4.78 is 12.6. The zero-order chi connectivity index (χ0) is 33.3. The van der Waals surface area contributed by atoms with E-state index >= 15 is 0 Å². The molecule has 0 radical (unpaired) electrons. The van der Waals surface area contributed by atoms with Gasteiger partial charge in [-0.15, -0.1) is 0 Å². The molecule has 248 valence electrons. The van der Waals surface area contributed by atoms with Crippen LogP contribution in [0.4, 0.5) is 5.82 Å². The van der Waals surface area contributed by atoms with E-state index < -0.39 is 30.4 Å². The number of esters is 1. The lowest BCUT2D eigenvalue weighted by molar-refractivity contribution is -0.283. The molecule has 2 aliphatic rings. The van der Waals surface area contributed by atoms with Crippen molar-refractivity contribution in [3.05, 3.63) is 71.4 Å². The van der Waals surface area contributed by atoms with Crippen molar-refractivity contribution < 1.29 is 33.9 Å². The Hall–Kier alpha value is -4.13. The average molecular weight is 636 g/mol. The van der Waals surface area contributed by atoms with Crippen LogP contribution >= 0.6 is 0 Å². The van der Waals surface area contributed by atoms with Gasteiger partial charge in [-0.05, 0) is 57.1 Å². The molecule has 0 unspecified atom stereocenters. The van der Waals surface area contributed by atoms with E-state index in [0.29, 0.717) is 11.2 Å². The Morgan fingerprint density at radius 3 is 2.72 bits per heavy atom. The van der Waals surface area contributed by atoms with Gasteiger partial charge in [0.1, 0.15) is 31.2 Å². The number of aromatic nitrogens is 4. The molecule has 0 amide bonds. The molecule has 3 atom stereocenters. The number of nitrogens with two attached hydrogens (primary N) is 1. The topological polar surface area (TPSA) is 161 Å². The van der Waals surface area contributed by atoms with Crippen LogP contribution in [0.5, 0.6) is 0 Å². The molecule has 0 aromatic carbocycles. The lowest BCUT2D eigenvalue weighted by atomic mass is 9.72. The fourth-order valence-electron chi connectivity index (χ4n) is 5.60. The predicted octanol–water partition coefficient (Wildman–Crippen LogP) is 5.39. The summed E-state index contributed by atoms with van der Waals surface area (Å²) in [6, 6.07) is 0. The number of rotatable bonds is 13. The van der Waals surface area contributed by atoms with Gasteiger partial charge in [-0.1, -0.05) is 60.9 Å². The van der Waals surface area contributed by atoms with Crippen molar-refractivity contribution in [1.29, 1.82) is 0 Å². The smallest absolute Gasteiger partial charge is 0.342 e. The summed E-state index contributed by atoms with van der Waals surface area (Å²) in [7, 11) is 0. The monoisotopic (exact) mass is 635 g/mol. The second-order valence-electron chi connectivity index (χ2n) is 12.4. The van der Waals surface area contributed by atoms with Crippen molar-refractivity contribution in [2.24, 2.45) is 5.41 Å². The van der Waals surface area contributed by atoms with E-state index in [0.717, 1.165) is 11.1 Å². The number of imidazole rings is 1. The van der Waals surface area contributed by atoms with Crippen LogP contribution in [0.15, 0.2) is 71.4 Å². The predicted molar refractivity (Wildman–Crippen MR) is 173 cm³/mol. The van der Waals surface area contributed by atoms with Gasteiger partial charge in [-0.2, -0.15) is 4.89 Å². The van der Waals surface area contributed by atoms with Crippen LogP contribution in [0.1, 0.15) is 79.4 Å². The molecule has 46 heavy (non-hydrogen) atoms. The fourth-order valence-corrected chi connectivity index (χ4v) is 5.60. The van der Waals surface area contributed by atoms with E-state index in [1.165, 1.54) is 43.1 Å². The van der Waals surface area contributed by atoms with Gasteiger partial charge >= 0.3 is 11.9 Å². The Labute approximate surface area is 269 Å². The van der Waals surface area contributed by atoms with Gasteiger partial charge < -0.3 is 20.3 Å². The lowest BCUT2D eigenvalue weighted by Gasteiger charge is -2.32.